The molecule has 0 aliphatic heterocycles. The van der Waals surface area contributed by atoms with E-state index in [9.17, 15) is 4.79 Å². The van der Waals surface area contributed by atoms with Crippen LogP contribution in [0.25, 0.3) is 0 Å². The van der Waals surface area contributed by atoms with E-state index in [-0.39, 0.29) is 12.0 Å². The molecule has 0 bridgehead atoms. The fourth-order valence-corrected chi connectivity index (χ4v) is 2.07. The Morgan fingerprint density at radius 2 is 2.16 bits per heavy atom. The van der Waals surface area contributed by atoms with E-state index in [2.05, 4.69) is 23.7 Å². The molecule has 1 rings (SSSR count). The van der Waals surface area contributed by atoms with E-state index in [1.165, 1.54) is 0 Å². The quantitative estimate of drug-likeness (QED) is 0.710. The van der Waals surface area contributed by atoms with Gasteiger partial charge >= 0.3 is 5.97 Å². The van der Waals surface area contributed by atoms with Crippen LogP contribution in [0, 0.1) is 6.92 Å². The average molecular weight is 264 g/mol. The number of rotatable bonds is 7. The molecule has 0 fully saturated rings. The number of esters is 1. The molecule has 4 heteroatoms. The monoisotopic (exact) mass is 264 g/mol. The van der Waals surface area contributed by atoms with Crippen LogP contribution in [0.15, 0.2) is 18.2 Å². The highest BCUT2D eigenvalue weighted by Crippen LogP contribution is 2.10. The Morgan fingerprint density at radius 3 is 2.74 bits per heavy atom. The summed E-state index contributed by atoms with van der Waals surface area (Å²) in [4.78, 5) is 18.3. The number of nitrogens with zero attached hydrogens (tertiary/aromatic N) is 2. The summed E-state index contributed by atoms with van der Waals surface area (Å²) in [6.07, 6.45) is 0.424. The SMILES string of the molecule is CCOC(=O)CC(C)N(CC)Cc1cccc(C)n1. The molecule has 1 heterocycles. The molecule has 0 amide bonds. The van der Waals surface area contributed by atoms with Crippen LogP contribution in [-0.4, -0.2) is 35.0 Å². The fraction of sp³-hybridized carbons (Fsp3) is 0.600. The summed E-state index contributed by atoms with van der Waals surface area (Å²) in [5.74, 6) is -0.134. The molecule has 0 aromatic carbocycles. The molecular formula is C15H24N2O2. The first-order valence-electron chi connectivity index (χ1n) is 6.89. The third kappa shape index (κ3) is 5.39. The highest BCUT2D eigenvalue weighted by molar-refractivity contribution is 5.70. The largest absolute Gasteiger partial charge is 0.466 e. The van der Waals surface area contributed by atoms with Gasteiger partial charge in [-0.05, 0) is 39.4 Å². The highest BCUT2D eigenvalue weighted by atomic mass is 16.5. The molecule has 0 saturated carbocycles. The smallest absolute Gasteiger partial charge is 0.307 e. The predicted molar refractivity (Wildman–Crippen MR) is 75.8 cm³/mol. The van der Waals surface area contributed by atoms with Gasteiger partial charge in [0.05, 0.1) is 18.7 Å². The molecule has 0 N–H and O–H groups in total. The van der Waals surface area contributed by atoms with Crippen LogP contribution < -0.4 is 0 Å². The lowest BCUT2D eigenvalue weighted by atomic mass is 10.2. The van der Waals surface area contributed by atoms with Crippen LogP contribution in [0.4, 0.5) is 0 Å². The van der Waals surface area contributed by atoms with Gasteiger partial charge in [-0.1, -0.05) is 13.0 Å². The Morgan fingerprint density at radius 1 is 1.42 bits per heavy atom. The fourth-order valence-electron chi connectivity index (χ4n) is 2.07. The van der Waals surface area contributed by atoms with Crippen molar-refractivity contribution in [1.29, 1.82) is 0 Å². The minimum absolute atomic E-state index is 0.134. The normalized spacial score (nSPS) is 12.5. The zero-order chi connectivity index (χ0) is 14.3. The van der Waals surface area contributed by atoms with Crippen LogP contribution >= 0.6 is 0 Å². The van der Waals surface area contributed by atoms with Gasteiger partial charge in [0.25, 0.3) is 0 Å². The van der Waals surface area contributed by atoms with Crippen molar-refractivity contribution >= 4 is 5.97 Å². The molecule has 1 atom stereocenters. The standard InChI is InChI=1S/C15H24N2O2/c1-5-17(13(4)10-15(18)19-6-2)11-14-9-7-8-12(3)16-14/h7-9,13H,5-6,10-11H2,1-4H3. The van der Waals surface area contributed by atoms with Gasteiger partial charge in [-0.15, -0.1) is 0 Å². The second-order valence-electron chi connectivity index (χ2n) is 4.69. The summed E-state index contributed by atoms with van der Waals surface area (Å²) in [6, 6.07) is 6.18. The predicted octanol–water partition coefficient (Wildman–Crippen LogP) is 2.55. The van der Waals surface area contributed by atoms with Gasteiger partial charge in [-0.2, -0.15) is 0 Å². The zero-order valence-corrected chi connectivity index (χ0v) is 12.3. The lowest BCUT2D eigenvalue weighted by Crippen LogP contribution is -2.34. The number of pyridine rings is 1. The van der Waals surface area contributed by atoms with Crippen LogP contribution in [-0.2, 0) is 16.1 Å². The van der Waals surface area contributed by atoms with E-state index in [4.69, 9.17) is 4.74 Å². The van der Waals surface area contributed by atoms with Crippen LogP contribution in [0.2, 0.25) is 0 Å². The molecule has 1 aromatic heterocycles. The number of aromatic nitrogens is 1. The van der Waals surface area contributed by atoms with Gasteiger partial charge in [-0.25, -0.2) is 0 Å². The van der Waals surface area contributed by atoms with Crippen molar-refractivity contribution in [3.8, 4) is 0 Å². The maximum Gasteiger partial charge on any atom is 0.307 e. The minimum atomic E-state index is -0.134. The third-order valence-corrected chi connectivity index (χ3v) is 3.11. The number of hydrogen-bond acceptors (Lipinski definition) is 4. The number of carbonyl (C=O) groups excluding carboxylic acids is 1. The second-order valence-corrected chi connectivity index (χ2v) is 4.69. The van der Waals surface area contributed by atoms with Crippen molar-refractivity contribution in [1.82, 2.24) is 9.88 Å². The van der Waals surface area contributed by atoms with Gasteiger partial charge in [0.1, 0.15) is 0 Å². The number of carbonyl (C=O) groups is 1. The van der Waals surface area contributed by atoms with Crippen LogP contribution in [0.1, 0.15) is 38.6 Å². The first kappa shape index (κ1) is 15.6. The van der Waals surface area contributed by atoms with E-state index in [1.807, 2.05) is 32.0 Å². The van der Waals surface area contributed by atoms with Crippen molar-refractivity contribution in [3.05, 3.63) is 29.6 Å². The lowest BCUT2D eigenvalue weighted by Gasteiger charge is -2.26. The van der Waals surface area contributed by atoms with Crippen molar-refractivity contribution in [2.75, 3.05) is 13.2 Å². The number of hydrogen-bond donors (Lipinski definition) is 0. The number of ether oxygens (including phenoxy) is 1. The zero-order valence-electron chi connectivity index (χ0n) is 12.3. The maximum absolute atomic E-state index is 11.5. The average Bonchev–Trinajstić information content (AvgIpc) is 2.36. The topological polar surface area (TPSA) is 42.4 Å². The lowest BCUT2D eigenvalue weighted by molar-refractivity contribution is -0.144. The molecule has 0 saturated heterocycles. The summed E-state index contributed by atoms with van der Waals surface area (Å²) < 4.78 is 5.00. The molecule has 0 aliphatic rings. The van der Waals surface area contributed by atoms with E-state index in [0.29, 0.717) is 13.0 Å². The first-order valence-corrected chi connectivity index (χ1v) is 6.89. The first-order chi connectivity index (χ1) is 9.06. The number of aryl methyl sites for hydroxylation is 1. The Hall–Kier alpha value is -1.42. The van der Waals surface area contributed by atoms with Crippen molar-refractivity contribution in [2.45, 2.75) is 46.7 Å². The van der Waals surface area contributed by atoms with Gasteiger partial charge < -0.3 is 4.74 Å². The molecule has 0 spiro atoms. The highest BCUT2D eigenvalue weighted by Gasteiger charge is 2.17. The minimum Gasteiger partial charge on any atom is -0.466 e. The van der Waals surface area contributed by atoms with Crippen LogP contribution in [0.5, 0.6) is 0 Å². The Balaban J connectivity index is 2.59. The molecule has 4 nitrogen and oxygen atoms in total. The summed E-state index contributed by atoms with van der Waals surface area (Å²) in [5.41, 5.74) is 2.06. The summed E-state index contributed by atoms with van der Waals surface area (Å²) in [6.45, 7) is 10.1. The summed E-state index contributed by atoms with van der Waals surface area (Å²) >= 11 is 0. The molecule has 0 radical (unpaired) electrons. The molecule has 106 valence electrons. The van der Waals surface area contributed by atoms with Crippen molar-refractivity contribution in [2.24, 2.45) is 0 Å². The van der Waals surface area contributed by atoms with Crippen molar-refractivity contribution < 1.29 is 9.53 Å². The molecule has 1 unspecified atom stereocenters. The molecule has 0 aliphatic carbocycles. The van der Waals surface area contributed by atoms with E-state index in [0.717, 1.165) is 24.5 Å². The van der Waals surface area contributed by atoms with E-state index < -0.39 is 0 Å². The summed E-state index contributed by atoms with van der Waals surface area (Å²) in [5, 5.41) is 0. The van der Waals surface area contributed by atoms with Crippen molar-refractivity contribution in [3.63, 3.8) is 0 Å². The molecule has 19 heavy (non-hydrogen) atoms. The Labute approximate surface area is 115 Å². The van der Waals surface area contributed by atoms with Gasteiger partial charge in [-0.3, -0.25) is 14.7 Å². The van der Waals surface area contributed by atoms with Gasteiger partial charge in [0, 0.05) is 18.3 Å². The second kappa shape index (κ2) is 7.89. The van der Waals surface area contributed by atoms with E-state index >= 15 is 0 Å². The van der Waals surface area contributed by atoms with Crippen LogP contribution in [0.3, 0.4) is 0 Å². The Kier molecular flexibility index (Phi) is 6.50. The molecule has 1 aromatic rings. The Bertz CT molecular complexity index is 407. The van der Waals surface area contributed by atoms with Gasteiger partial charge in [0.15, 0.2) is 0 Å². The maximum atomic E-state index is 11.5. The third-order valence-electron chi connectivity index (χ3n) is 3.11. The summed E-state index contributed by atoms with van der Waals surface area (Å²) in [7, 11) is 0. The van der Waals surface area contributed by atoms with Gasteiger partial charge in [0.2, 0.25) is 0 Å². The molecular weight excluding hydrogens is 240 g/mol. The van der Waals surface area contributed by atoms with E-state index in [1.54, 1.807) is 0 Å².